The maximum Gasteiger partial charge on any atom is 0.408 e. The van der Waals surface area contributed by atoms with Gasteiger partial charge in [0, 0.05) is 12.8 Å². The van der Waals surface area contributed by atoms with Gasteiger partial charge < -0.3 is 15.8 Å². The summed E-state index contributed by atoms with van der Waals surface area (Å²) in [5.74, 6) is -1.70. The van der Waals surface area contributed by atoms with Crippen LogP contribution in [0.3, 0.4) is 0 Å². The minimum Gasteiger partial charge on any atom is -0.468 e. The van der Waals surface area contributed by atoms with Crippen LogP contribution in [0.4, 0.5) is 13.2 Å². The largest absolute Gasteiger partial charge is 0.468 e. The molecule has 1 aliphatic heterocycles. The molecule has 2 aliphatic rings. The lowest BCUT2D eigenvalue weighted by Gasteiger charge is -2.23. The number of amides is 1. The SMILES string of the molecule is COC(=O)C1(Cc2ccc3nc([C@@H](N)C4CCCCCC4)cn3n2)C[C@@H](C(F)(F)F)NC1=O. The number of nitrogens with two attached hydrogens (primary N) is 1. The van der Waals surface area contributed by atoms with Crippen molar-refractivity contribution in [2.24, 2.45) is 17.1 Å². The molecule has 3 atom stereocenters. The lowest BCUT2D eigenvalue weighted by molar-refractivity contribution is -0.160. The molecule has 1 aliphatic carbocycles. The van der Waals surface area contributed by atoms with Gasteiger partial charge in [0.1, 0.15) is 6.04 Å². The van der Waals surface area contributed by atoms with Crippen molar-refractivity contribution in [1.29, 1.82) is 0 Å². The molecule has 1 unspecified atom stereocenters. The van der Waals surface area contributed by atoms with Gasteiger partial charge in [0.05, 0.1) is 30.7 Å². The van der Waals surface area contributed by atoms with Crippen LogP contribution >= 0.6 is 0 Å². The van der Waals surface area contributed by atoms with Gasteiger partial charge >= 0.3 is 12.1 Å². The highest BCUT2D eigenvalue weighted by atomic mass is 19.4. The lowest BCUT2D eigenvalue weighted by Crippen LogP contribution is -2.42. The molecule has 0 spiro atoms. The van der Waals surface area contributed by atoms with Gasteiger partial charge in [-0.25, -0.2) is 9.50 Å². The lowest BCUT2D eigenvalue weighted by atomic mass is 9.80. The van der Waals surface area contributed by atoms with Crippen molar-refractivity contribution >= 4 is 17.5 Å². The predicted octanol–water partition coefficient (Wildman–Crippen LogP) is 2.85. The van der Waals surface area contributed by atoms with Crippen molar-refractivity contribution in [3.05, 3.63) is 29.7 Å². The Hall–Kier alpha value is -2.69. The van der Waals surface area contributed by atoms with Crippen LogP contribution in [0.5, 0.6) is 0 Å². The number of alkyl halides is 3. The summed E-state index contributed by atoms with van der Waals surface area (Å²) in [5, 5.41) is 6.31. The number of nitrogens with one attached hydrogen (secondary N) is 1. The van der Waals surface area contributed by atoms with E-state index in [9.17, 15) is 22.8 Å². The molecular weight excluding hydrogens is 439 g/mol. The quantitative estimate of drug-likeness (QED) is 0.397. The third kappa shape index (κ3) is 4.55. The smallest absolute Gasteiger partial charge is 0.408 e. The molecule has 0 bridgehead atoms. The topological polar surface area (TPSA) is 112 Å². The fraction of sp³-hybridized carbons (Fsp3) is 0.636. The number of carbonyl (C=O) groups excluding carboxylic acids is 2. The standard InChI is InChI=1S/C22H28F3N5O3/c1-33-20(32)21(11-16(22(23,24)25)28-19(21)31)10-14-8-9-17-27-15(12-30(17)29-14)18(26)13-6-4-2-3-5-7-13/h8-9,12-13,16,18H,2-7,10-11,26H2,1H3,(H,28,31)/t16-,18-,21?/m0/s1. The predicted molar refractivity (Wildman–Crippen MR) is 112 cm³/mol. The van der Waals surface area contributed by atoms with E-state index < -0.39 is 35.9 Å². The first-order valence-electron chi connectivity index (χ1n) is 11.2. The summed E-state index contributed by atoms with van der Waals surface area (Å²) in [6.07, 6.45) is 2.78. The van der Waals surface area contributed by atoms with Crippen LogP contribution in [0.1, 0.15) is 62.4 Å². The number of hydrogen-bond donors (Lipinski definition) is 2. The molecule has 1 saturated heterocycles. The third-order valence-electron chi connectivity index (χ3n) is 6.89. The number of esters is 1. The molecule has 3 heterocycles. The van der Waals surface area contributed by atoms with Crippen molar-refractivity contribution in [3.63, 3.8) is 0 Å². The zero-order valence-electron chi connectivity index (χ0n) is 18.4. The second-order valence-electron chi connectivity index (χ2n) is 9.09. The Labute approximate surface area is 189 Å². The summed E-state index contributed by atoms with van der Waals surface area (Å²) in [6.45, 7) is 0. The Bertz CT molecular complexity index is 1030. The van der Waals surface area contributed by atoms with Crippen LogP contribution in [0.25, 0.3) is 5.65 Å². The first kappa shape index (κ1) is 23.5. The van der Waals surface area contributed by atoms with Crippen molar-refractivity contribution in [2.45, 2.75) is 69.6 Å². The fourth-order valence-electron chi connectivity index (χ4n) is 5.00. The minimum atomic E-state index is -4.67. The molecule has 180 valence electrons. The zero-order valence-corrected chi connectivity index (χ0v) is 18.4. The molecule has 11 heteroatoms. The van der Waals surface area contributed by atoms with E-state index in [-0.39, 0.29) is 18.2 Å². The van der Waals surface area contributed by atoms with Crippen LogP contribution in [0.2, 0.25) is 0 Å². The van der Waals surface area contributed by atoms with Gasteiger partial charge in [-0.1, -0.05) is 25.7 Å². The van der Waals surface area contributed by atoms with Gasteiger partial charge in [0.15, 0.2) is 11.1 Å². The van der Waals surface area contributed by atoms with E-state index in [1.54, 1.807) is 18.3 Å². The Morgan fingerprint density at radius 3 is 2.61 bits per heavy atom. The Balaban J connectivity index is 1.60. The van der Waals surface area contributed by atoms with Crippen LogP contribution in [-0.2, 0) is 20.7 Å². The van der Waals surface area contributed by atoms with Crippen LogP contribution in [-0.4, -0.2) is 45.8 Å². The fourth-order valence-corrected chi connectivity index (χ4v) is 5.00. The molecular formula is C22H28F3N5O3. The summed E-state index contributed by atoms with van der Waals surface area (Å²) in [6, 6.07) is 0.862. The number of imidazole rings is 1. The van der Waals surface area contributed by atoms with E-state index in [0.29, 0.717) is 17.3 Å². The molecule has 0 aromatic carbocycles. The van der Waals surface area contributed by atoms with E-state index in [1.807, 2.05) is 5.32 Å². The highest BCUT2D eigenvalue weighted by Gasteiger charge is 2.60. The van der Waals surface area contributed by atoms with Gasteiger partial charge in [0.25, 0.3) is 0 Å². The number of fused-ring (bicyclic) bond motifs is 1. The Kier molecular flexibility index (Phi) is 6.35. The van der Waals surface area contributed by atoms with Gasteiger partial charge in [-0.05, 0) is 30.9 Å². The highest BCUT2D eigenvalue weighted by Crippen LogP contribution is 2.40. The average Bonchev–Trinajstić information content (AvgIpc) is 3.22. The molecule has 2 aromatic rings. The number of carbonyl (C=O) groups is 2. The normalized spacial score (nSPS) is 25.6. The van der Waals surface area contributed by atoms with E-state index >= 15 is 0 Å². The number of hydrogen-bond acceptors (Lipinski definition) is 6. The first-order chi connectivity index (χ1) is 15.6. The van der Waals surface area contributed by atoms with Crippen molar-refractivity contribution in [1.82, 2.24) is 19.9 Å². The molecule has 1 saturated carbocycles. The summed E-state index contributed by atoms with van der Waals surface area (Å²) in [4.78, 5) is 29.6. The number of halogens is 3. The number of rotatable bonds is 5. The molecule has 4 rings (SSSR count). The van der Waals surface area contributed by atoms with Gasteiger partial charge in [0.2, 0.25) is 5.91 Å². The van der Waals surface area contributed by atoms with Crippen molar-refractivity contribution in [2.75, 3.05) is 7.11 Å². The molecule has 1 amide bonds. The number of aromatic nitrogens is 3. The van der Waals surface area contributed by atoms with Crippen molar-refractivity contribution in [3.8, 4) is 0 Å². The van der Waals surface area contributed by atoms with Crippen LogP contribution < -0.4 is 11.1 Å². The highest BCUT2D eigenvalue weighted by molar-refractivity contribution is 6.04. The molecule has 2 fully saturated rings. The average molecular weight is 467 g/mol. The van der Waals surface area contributed by atoms with Gasteiger partial charge in [-0.3, -0.25) is 9.59 Å². The number of methoxy groups -OCH3 is 1. The molecule has 8 nitrogen and oxygen atoms in total. The van der Waals surface area contributed by atoms with E-state index in [4.69, 9.17) is 10.5 Å². The summed E-state index contributed by atoms with van der Waals surface area (Å²) in [7, 11) is 1.05. The maximum atomic E-state index is 13.2. The summed E-state index contributed by atoms with van der Waals surface area (Å²) >= 11 is 0. The second-order valence-corrected chi connectivity index (χ2v) is 9.09. The molecule has 2 aromatic heterocycles. The molecule has 33 heavy (non-hydrogen) atoms. The minimum absolute atomic E-state index is 0.234. The maximum absolute atomic E-state index is 13.2. The molecule has 0 radical (unpaired) electrons. The molecule has 3 N–H and O–H groups in total. The van der Waals surface area contributed by atoms with Gasteiger partial charge in [-0.15, -0.1) is 0 Å². The monoisotopic (exact) mass is 467 g/mol. The van der Waals surface area contributed by atoms with Crippen LogP contribution in [0.15, 0.2) is 18.3 Å². The second kappa shape index (κ2) is 8.92. The first-order valence-corrected chi connectivity index (χ1v) is 11.2. The number of ether oxygens (including phenoxy) is 1. The summed E-state index contributed by atoms with van der Waals surface area (Å²) < 4.78 is 45.9. The Morgan fingerprint density at radius 2 is 2.00 bits per heavy atom. The number of nitrogens with zero attached hydrogens (tertiary/aromatic N) is 3. The zero-order chi connectivity index (χ0) is 23.8. The summed E-state index contributed by atoms with van der Waals surface area (Å²) in [5.41, 5.74) is 6.01. The van der Waals surface area contributed by atoms with Crippen LogP contribution in [0, 0.1) is 11.3 Å². The van der Waals surface area contributed by atoms with E-state index in [1.165, 1.54) is 17.4 Å². The van der Waals surface area contributed by atoms with E-state index in [0.717, 1.165) is 32.8 Å². The Morgan fingerprint density at radius 1 is 1.30 bits per heavy atom. The third-order valence-corrected chi connectivity index (χ3v) is 6.89. The van der Waals surface area contributed by atoms with E-state index in [2.05, 4.69) is 10.1 Å². The van der Waals surface area contributed by atoms with Gasteiger partial charge in [-0.2, -0.15) is 18.3 Å². The van der Waals surface area contributed by atoms with Crippen molar-refractivity contribution < 1.29 is 27.5 Å².